The standard InChI is InChI=1S/C18H29BrClN/c1-3-5-7-9-13-21(14-10-8-6-4-2)18-12-11-16(19)15-17(18)20/h11-12,15H,3-10,13-14H2,1-2H3. The van der Waals surface area contributed by atoms with E-state index in [0.717, 1.165) is 22.6 Å². The number of benzene rings is 1. The van der Waals surface area contributed by atoms with Crippen LogP contribution >= 0.6 is 27.5 Å². The zero-order chi connectivity index (χ0) is 15.5. The van der Waals surface area contributed by atoms with Gasteiger partial charge in [0.25, 0.3) is 0 Å². The molecule has 0 radical (unpaired) electrons. The zero-order valence-electron chi connectivity index (χ0n) is 13.5. The Hall–Kier alpha value is -0.210. The molecule has 0 heterocycles. The fourth-order valence-corrected chi connectivity index (χ4v) is 3.34. The third kappa shape index (κ3) is 7.56. The predicted octanol–water partition coefficient (Wildman–Crippen LogP) is 7.07. The summed E-state index contributed by atoms with van der Waals surface area (Å²) in [4.78, 5) is 2.47. The molecule has 0 saturated heterocycles. The van der Waals surface area contributed by atoms with Gasteiger partial charge in [-0.1, -0.05) is 79.9 Å². The van der Waals surface area contributed by atoms with Crippen LogP contribution < -0.4 is 4.90 Å². The van der Waals surface area contributed by atoms with Crippen molar-refractivity contribution in [3.63, 3.8) is 0 Å². The van der Waals surface area contributed by atoms with Gasteiger partial charge in [0, 0.05) is 17.6 Å². The van der Waals surface area contributed by atoms with Crippen molar-refractivity contribution in [2.45, 2.75) is 65.2 Å². The van der Waals surface area contributed by atoms with Gasteiger partial charge in [0.05, 0.1) is 10.7 Å². The molecule has 0 aliphatic carbocycles. The Labute approximate surface area is 144 Å². The normalized spacial score (nSPS) is 10.9. The van der Waals surface area contributed by atoms with Crippen molar-refractivity contribution >= 4 is 33.2 Å². The lowest BCUT2D eigenvalue weighted by molar-refractivity contribution is 0.609. The summed E-state index contributed by atoms with van der Waals surface area (Å²) >= 11 is 9.92. The van der Waals surface area contributed by atoms with Crippen LogP contribution in [0.15, 0.2) is 22.7 Å². The molecule has 0 spiro atoms. The molecule has 1 aromatic carbocycles. The predicted molar refractivity (Wildman–Crippen MR) is 99.6 cm³/mol. The Balaban J connectivity index is 2.60. The van der Waals surface area contributed by atoms with Gasteiger partial charge in [-0.2, -0.15) is 0 Å². The van der Waals surface area contributed by atoms with Crippen LogP contribution in [0.2, 0.25) is 5.02 Å². The minimum absolute atomic E-state index is 0.857. The van der Waals surface area contributed by atoms with Gasteiger partial charge in [0.1, 0.15) is 0 Å². The molecule has 0 aliphatic heterocycles. The molecule has 0 fully saturated rings. The molecule has 0 saturated carbocycles. The van der Waals surface area contributed by atoms with Crippen LogP contribution in [-0.4, -0.2) is 13.1 Å². The third-order valence-electron chi connectivity index (χ3n) is 3.81. The molecule has 3 heteroatoms. The van der Waals surface area contributed by atoms with E-state index in [9.17, 15) is 0 Å². The van der Waals surface area contributed by atoms with Gasteiger partial charge in [0.15, 0.2) is 0 Å². The Morgan fingerprint density at radius 2 is 1.48 bits per heavy atom. The van der Waals surface area contributed by atoms with Gasteiger partial charge in [0.2, 0.25) is 0 Å². The molecule has 0 aliphatic rings. The van der Waals surface area contributed by atoms with Gasteiger partial charge in [-0.25, -0.2) is 0 Å². The smallest absolute Gasteiger partial charge is 0.0650 e. The van der Waals surface area contributed by atoms with Crippen LogP contribution in [0, 0.1) is 0 Å². The number of anilines is 1. The van der Waals surface area contributed by atoms with Gasteiger partial charge in [-0.05, 0) is 31.0 Å². The third-order valence-corrected chi connectivity index (χ3v) is 4.61. The molecule has 1 rings (SSSR count). The maximum atomic E-state index is 6.43. The Kier molecular flexibility index (Phi) is 10.2. The van der Waals surface area contributed by atoms with E-state index in [-0.39, 0.29) is 0 Å². The van der Waals surface area contributed by atoms with Crippen LogP contribution in [0.1, 0.15) is 65.2 Å². The number of unbranched alkanes of at least 4 members (excludes halogenated alkanes) is 6. The van der Waals surface area contributed by atoms with Crippen LogP contribution in [0.25, 0.3) is 0 Å². The highest BCUT2D eigenvalue weighted by atomic mass is 79.9. The van der Waals surface area contributed by atoms with Crippen molar-refractivity contribution in [1.29, 1.82) is 0 Å². The fourth-order valence-electron chi connectivity index (χ4n) is 2.55. The number of nitrogens with zero attached hydrogens (tertiary/aromatic N) is 1. The largest absolute Gasteiger partial charge is 0.370 e. The van der Waals surface area contributed by atoms with E-state index in [1.165, 1.54) is 57.1 Å². The maximum absolute atomic E-state index is 6.43. The first-order valence-electron chi connectivity index (χ1n) is 8.39. The maximum Gasteiger partial charge on any atom is 0.0650 e. The van der Waals surface area contributed by atoms with E-state index in [1.807, 2.05) is 6.07 Å². The molecule has 0 atom stereocenters. The summed E-state index contributed by atoms with van der Waals surface area (Å²) in [7, 11) is 0. The summed E-state index contributed by atoms with van der Waals surface area (Å²) in [6.45, 7) is 6.75. The van der Waals surface area contributed by atoms with Crippen molar-refractivity contribution in [3.05, 3.63) is 27.7 Å². The first-order chi connectivity index (χ1) is 10.2. The molecule has 0 unspecified atom stereocenters. The second-order valence-corrected chi connectivity index (χ2v) is 7.03. The summed E-state index contributed by atoms with van der Waals surface area (Å²) in [5, 5.41) is 0.857. The van der Waals surface area contributed by atoms with Crippen molar-refractivity contribution in [2.75, 3.05) is 18.0 Å². The average Bonchev–Trinajstić information content (AvgIpc) is 2.46. The van der Waals surface area contributed by atoms with Crippen molar-refractivity contribution in [1.82, 2.24) is 0 Å². The van der Waals surface area contributed by atoms with Crippen LogP contribution in [0.5, 0.6) is 0 Å². The Bertz CT molecular complexity index is 383. The average molecular weight is 375 g/mol. The fraction of sp³-hybridized carbons (Fsp3) is 0.667. The summed E-state index contributed by atoms with van der Waals surface area (Å²) in [5.74, 6) is 0. The lowest BCUT2D eigenvalue weighted by Crippen LogP contribution is -2.26. The summed E-state index contributed by atoms with van der Waals surface area (Å²) in [6.07, 6.45) is 10.4. The molecule has 1 nitrogen and oxygen atoms in total. The number of halogens is 2. The molecule has 0 amide bonds. The zero-order valence-corrected chi connectivity index (χ0v) is 15.8. The van der Waals surface area contributed by atoms with Crippen LogP contribution in [-0.2, 0) is 0 Å². The number of rotatable bonds is 11. The highest BCUT2D eigenvalue weighted by molar-refractivity contribution is 9.10. The second-order valence-electron chi connectivity index (χ2n) is 5.70. The first-order valence-corrected chi connectivity index (χ1v) is 9.56. The summed E-state index contributed by atoms with van der Waals surface area (Å²) in [6, 6.07) is 6.24. The monoisotopic (exact) mass is 373 g/mol. The van der Waals surface area contributed by atoms with E-state index in [4.69, 9.17) is 11.6 Å². The summed E-state index contributed by atoms with van der Waals surface area (Å²) in [5.41, 5.74) is 1.19. The highest BCUT2D eigenvalue weighted by Crippen LogP contribution is 2.29. The van der Waals surface area contributed by atoms with Gasteiger partial charge < -0.3 is 4.90 Å². The lowest BCUT2D eigenvalue weighted by atomic mass is 10.1. The number of hydrogen-bond donors (Lipinski definition) is 0. The Morgan fingerprint density at radius 1 is 0.905 bits per heavy atom. The number of hydrogen-bond acceptors (Lipinski definition) is 1. The van der Waals surface area contributed by atoms with E-state index >= 15 is 0 Å². The first kappa shape index (κ1) is 18.8. The summed E-state index contributed by atoms with van der Waals surface area (Å²) < 4.78 is 1.05. The second kappa shape index (κ2) is 11.4. The molecule has 0 N–H and O–H groups in total. The molecule has 21 heavy (non-hydrogen) atoms. The highest BCUT2D eigenvalue weighted by Gasteiger charge is 2.10. The quantitative estimate of drug-likeness (QED) is 0.374. The van der Waals surface area contributed by atoms with Gasteiger partial charge in [-0.15, -0.1) is 0 Å². The Morgan fingerprint density at radius 3 is 1.95 bits per heavy atom. The minimum atomic E-state index is 0.857. The van der Waals surface area contributed by atoms with Gasteiger partial charge in [-0.3, -0.25) is 0 Å². The van der Waals surface area contributed by atoms with E-state index < -0.39 is 0 Å². The van der Waals surface area contributed by atoms with E-state index in [0.29, 0.717) is 0 Å². The molecular formula is C18H29BrClN. The van der Waals surface area contributed by atoms with E-state index in [2.05, 4.69) is 46.8 Å². The molecule has 1 aromatic rings. The topological polar surface area (TPSA) is 3.24 Å². The molecule has 0 bridgehead atoms. The molecule has 0 aromatic heterocycles. The van der Waals surface area contributed by atoms with Crippen molar-refractivity contribution in [2.24, 2.45) is 0 Å². The van der Waals surface area contributed by atoms with Crippen molar-refractivity contribution < 1.29 is 0 Å². The molecular weight excluding hydrogens is 346 g/mol. The van der Waals surface area contributed by atoms with Crippen LogP contribution in [0.4, 0.5) is 5.69 Å². The lowest BCUT2D eigenvalue weighted by Gasteiger charge is -2.26. The molecule has 120 valence electrons. The van der Waals surface area contributed by atoms with E-state index in [1.54, 1.807) is 0 Å². The van der Waals surface area contributed by atoms with Gasteiger partial charge >= 0.3 is 0 Å². The van der Waals surface area contributed by atoms with Crippen LogP contribution in [0.3, 0.4) is 0 Å². The SMILES string of the molecule is CCCCCCN(CCCCCC)c1ccc(Br)cc1Cl. The minimum Gasteiger partial charge on any atom is -0.370 e. The van der Waals surface area contributed by atoms with Crippen molar-refractivity contribution in [3.8, 4) is 0 Å².